The van der Waals surface area contributed by atoms with Crippen LogP contribution in [0, 0.1) is 0 Å². The summed E-state index contributed by atoms with van der Waals surface area (Å²) in [6.07, 6.45) is 3.46. The Bertz CT molecular complexity index is 556. The third-order valence-corrected chi connectivity index (χ3v) is 5.73. The summed E-state index contributed by atoms with van der Waals surface area (Å²) in [5.41, 5.74) is 5.97. The molecule has 2 aliphatic heterocycles. The molecule has 110 valence electrons. The van der Waals surface area contributed by atoms with Crippen LogP contribution in [0.5, 0.6) is 0 Å². The molecule has 2 atom stereocenters. The lowest BCUT2D eigenvalue weighted by Crippen LogP contribution is -2.55. The van der Waals surface area contributed by atoms with Crippen LogP contribution in [0.2, 0.25) is 0 Å². The molecule has 2 aliphatic rings. The molecule has 0 spiro atoms. The van der Waals surface area contributed by atoms with Crippen molar-refractivity contribution in [2.75, 3.05) is 42.6 Å². The Kier molecular flexibility index (Phi) is 3.61. The first-order valence-electron chi connectivity index (χ1n) is 6.77. The van der Waals surface area contributed by atoms with E-state index in [-0.39, 0.29) is 23.6 Å². The van der Waals surface area contributed by atoms with Crippen LogP contribution in [0.25, 0.3) is 0 Å². The third-order valence-electron chi connectivity index (χ3n) is 3.98. The van der Waals surface area contributed by atoms with Gasteiger partial charge in [0.15, 0.2) is 9.84 Å². The molecule has 3 heterocycles. The highest BCUT2D eigenvalue weighted by Gasteiger charge is 2.39. The second kappa shape index (κ2) is 5.27. The second-order valence-corrected chi connectivity index (χ2v) is 7.53. The SMILES string of the molecule is NC1CS(=O)(=O)CC1N1CCN(c2ncccn2)CC1. The molecule has 1 aromatic heterocycles. The van der Waals surface area contributed by atoms with E-state index >= 15 is 0 Å². The van der Waals surface area contributed by atoms with E-state index < -0.39 is 9.84 Å². The van der Waals surface area contributed by atoms with Crippen molar-refractivity contribution in [3.05, 3.63) is 18.5 Å². The Hall–Kier alpha value is -1.25. The first-order chi connectivity index (χ1) is 9.55. The minimum absolute atomic E-state index is 0.0427. The molecule has 2 unspecified atom stereocenters. The van der Waals surface area contributed by atoms with Gasteiger partial charge in [0.2, 0.25) is 5.95 Å². The van der Waals surface area contributed by atoms with Gasteiger partial charge in [-0.3, -0.25) is 4.90 Å². The standard InChI is InChI=1S/C12H19N5O2S/c13-10-8-20(18,19)9-11(10)16-4-6-17(7-5-16)12-14-2-1-3-15-12/h1-3,10-11H,4-9,13H2. The van der Waals surface area contributed by atoms with Crippen molar-refractivity contribution in [3.8, 4) is 0 Å². The Morgan fingerprint density at radius 1 is 1.10 bits per heavy atom. The summed E-state index contributed by atoms with van der Waals surface area (Å²) in [6, 6.07) is 1.49. The highest BCUT2D eigenvalue weighted by atomic mass is 32.2. The first-order valence-corrected chi connectivity index (χ1v) is 8.59. The summed E-state index contributed by atoms with van der Waals surface area (Å²) in [4.78, 5) is 12.8. The van der Waals surface area contributed by atoms with E-state index in [1.807, 2.05) is 0 Å². The van der Waals surface area contributed by atoms with Crippen molar-refractivity contribution < 1.29 is 8.42 Å². The molecular formula is C12H19N5O2S. The van der Waals surface area contributed by atoms with Gasteiger partial charge in [-0.1, -0.05) is 0 Å². The van der Waals surface area contributed by atoms with Crippen molar-refractivity contribution in [3.63, 3.8) is 0 Å². The van der Waals surface area contributed by atoms with E-state index in [2.05, 4.69) is 19.8 Å². The van der Waals surface area contributed by atoms with E-state index in [0.717, 1.165) is 32.1 Å². The maximum atomic E-state index is 11.6. The van der Waals surface area contributed by atoms with Crippen molar-refractivity contribution in [1.82, 2.24) is 14.9 Å². The van der Waals surface area contributed by atoms with Gasteiger partial charge in [0.05, 0.1) is 11.5 Å². The summed E-state index contributed by atoms with van der Waals surface area (Å²) >= 11 is 0. The highest BCUT2D eigenvalue weighted by Crippen LogP contribution is 2.19. The van der Waals surface area contributed by atoms with E-state index in [0.29, 0.717) is 0 Å². The van der Waals surface area contributed by atoms with Crippen molar-refractivity contribution in [2.24, 2.45) is 5.73 Å². The quantitative estimate of drug-likeness (QED) is 0.727. The molecule has 3 rings (SSSR count). The minimum atomic E-state index is -2.96. The fourth-order valence-corrected chi connectivity index (χ4v) is 4.86. The first kappa shape index (κ1) is 13.7. The molecule has 0 saturated carbocycles. The zero-order chi connectivity index (χ0) is 14.2. The predicted octanol–water partition coefficient (Wildman–Crippen LogP) is -1.28. The number of anilines is 1. The van der Waals surface area contributed by atoms with Gasteiger partial charge >= 0.3 is 0 Å². The molecule has 0 radical (unpaired) electrons. The van der Waals surface area contributed by atoms with Gasteiger partial charge in [0.25, 0.3) is 0 Å². The summed E-state index contributed by atoms with van der Waals surface area (Å²) in [6.45, 7) is 3.19. The number of aromatic nitrogens is 2. The monoisotopic (exact) mass is 297 g/mol. The summed E-state index contributed by atoms with van der Waals surface area (Å²) in [5, 5.41) is 0. The van der Waals surface area contributed by atoms with Crippen molar-refractivity contribution >= 4 is 15.8 Å². The van der Waals surface area contributed by atoms with E-state index in [4.69, 9.17) is 5.73 Å². The van der Waals surface area contributed by atoms with E-state index in [1.54, 1.807) is 18.5 Å². The van der Waals surface area contributed by atoms with Crippen LogP contribution >= 0.6 is 0 Å². The Morgan fingerprint density at radius 3 is 2.30 bits per heavy atom. The zero-order valence-electron chi connectivity index (χ0n) is 11.2. The molecule has 0 aliphatic carbocycles. The Balaban J connectivity index is 1.62. The molecule has 2 N–H and O–H groups in total. The number of hydrogen-bond acceptors (Lipinski definition) is 7. The lowest BCUT2D eigenvalue weighted by molar-refractivity contribution is 0.187. The van der Waals surface area contributed by atoms with Crippen molar-refractivity contribution in [2.45, 2.75) is 12.1 Å². The Morgan fingerprint density at radius 2 is 1.75 bits per heavy atom. The summed E-state index contributed by atoms with van der Waals surface area (Å²) in [7, 11) is -2.96. The Labute approximate surface area is 118 Å². The number of rotatable bonds is 2. The minimum Gasteiger partial charge on any atom is -0.338 e. The van der Waals surface area contributed by atoms with Crippen LogP contribution in [0.15, 0.2) is 18.5 Å². The molecule has 7 nitrogen and oxygen atoms in total. The number of nitrogens with zero attached hydrogens (tertiary/aromatic N) is 4. The van der Waals surface area contributed by atoms with Crippen LogP contribution in [0.3, 0.4) is 0 Å². The normalized spacial score (nSPS) is 30.6. The van der Waals surface area contributed by atoms with Crippen LogP contribution in [0.4, 0.5) is 5.95 Å². The highest BCUT2D eigenvalue weighted by molar-refractivity contribution is 7.91. The van der Waals surface area contributed by atoms with Gasteiger partial charge in [-0.05, 0) is 6.07 Å². The number of piperazine rings is 1. The van der Waals surface area contributed by atoms with Gasteiger partial charge in [-0.15, -0.1) is 0 Å². The molecule has 0 bridgehead atoms. The molecule has 0 amide bonds. The third kappa shape index (κ3) is 2.77. The summed E-state index contributed by atoms with van der Waals surface area (Å²) in [5.74, 6) is 1.03. The van der Waals surface area contributed by atoms with Crippen LogP contribution < -0.4 is 10.6 Å². The lowest BCUT2D eigenvalue weighted by atomic mass is 10.1. The van der Waals surface area contributed by atoms with Crippen LogP contribution in [-0.2, 0) is 9.84 Å². The van der Waals surface area contributed by atoms with Gasteiger partial charge in [-0.25, -0.2) is 18.4 Å². The van der Waals surface area contributed by atoms with Gasteiger partial charge < -0.3 is 10.6 Å². The van der Waals surface area contributed by atoms with Crippen molar-refractivity contribution in [1.29, 1.82) is 0 Å². The van der Waals surface area contributed by atoms with Crippen LogP contribution in [0.1, 0.15) is 0 Å². The largest absolute Gasteiger partial charge is 0.338 e. The predicted molar refractivity (Wildman–Crippen MR) is 76.2 cm³/mol. The average molecular weight is 297 g/mol. The topological polar surface area (TPSA) is 92.4 Å². The number of nitrogens with two attached hydrogens (primary N) is 1. The molecule has 2 fully saturated rings. The second-order valence-electron chi connectivity index (χ2n) is 5.38. The molecule has 2 saturated heterocycles. The van der Waals surface area contributed by atoms with E-state index in [1.165, 1.54) is 0 Å². The van der Waals surface area contributed by atoms with Gasteiger partial charge in [0.1, 0.15) is 0 Å². The van der Waals surface area contributed by atoms with E-state index in [9.17, 15) is 8.42 Å². The summed E-state index contributed by atoms with van der Waals surface area (Å²) < 4.78 is 23.3. The maximum Gasteiger partial charge on any atom is 0.225 e. The molecule has 8 heteroatoms. The average Bonchev–Trinajstić information content (AvgIpc) is 2.73. The number of sulfone groups is 1. The fourth-order valence-electron chi connectivity index (χ4n) is 2.94. The molecular weight excluding hydrogens is 278 g/mol. The fraction of sp³-hybridized carbons (Fsp3) is 0.667. The van der Waals surface area contributed by atoms with Crippen LogP contribution in [-0.4, -0.2) is 73.1 Å². The van der Waals surface area contributed by atoms with Gasteiger partial charge in [0, 0.05) is 50.7 Å². The zero-order valence-corrected chi connectivity index (χ0v) is 12.0. The molecule has 0 aromatic carbocycles. The maximum absolute atomic E-state index is 11.6. The molecule has 20 heavy (non-hydrogen) atoms. The molecule has 1 aromatic rings. The smallest absolute Gasteiger partial charge is 0.225 e. The lowest BCUT2D eigenvalue weighted by Gasteiger charge is -2.38. The van der Waals surface area contributed by atoms with Gasteiger partial charge in [-0.2, -0.15) is 0 Å². The number of hydrogen-bond donors (Lipinski definition) is 1.